The summed E-state index contributed by atoms with van der Waals surface area (Å²) in [7, 11) is 0. The van der Waals surface area contributed by atoms with E-state index in [9.17, 15) is 5.21 Å². The summed E-state index contributed by atoms with van der Waals surface area (Å²) >= 11 is 0. The fraction of sp³-hybridized carbons (Fsp3) is 0.316. The first kappa shape index (κ1) is 15.6. The Bertz CT molecular complexity index is 647. The van der Waals surface area contributed by atoms with Gasteiger partial charge in [0.1, 0.15) is 5.84 Å². The average molecular weight is 309 g/mol. The number of amidine groups is 1. The smallest absolute Gasteiger partial charge is 0.149 e. The van der Waals surface area contributed by atoms with Gasteiger partial charge in [0, 0.05) is 6.54 Å². The number of hydrogen-bond acceptors (Lipinski definition) is 3. The molecule has 1 saturated heterocycles. The fourth-order valence-electron chi connectivity index (χ4n) is 3.48. The predicted molar refractivity (Wildman–Crippen MR) is 92.5 cm³/mol. The Morgan fingerprint density at radius 2 is 1.57 bits per heavy atom. The van der Waals surface area contributed by atoms with Crippen molar-refractivity contribution >= 4 is 5.84 Å². The molecule has 1 aliphatic rings. The number of hydrogen-bond donors (Lipinski definition) is 2. The van der Waals surface area contributed by atoms with Gasteiger partial charge in [-0.2, -0.15) is 0 Å². The Morgan fingerprint density at radius 3 is 2.13 bits per heavy atom. The van der Waals surface area contributed by atoms with Gasteiger partial charge in [-0.25, -0.2) is 0 Å². The molecule has 0 spiro atoms. The zero-order chi connectivity index (χ0) is 16.1. The molecule has 0 unspecified atom stereocenters. The van der Waals surface area contributed by atoms with Crippen LogP contribution in [0.4, 0.5) is 0 Å². The van der Waals surface area contributed by atoms with Crippen LogP contribution in [0.15, 0.2) is 65.8 Å². The summed E-state index contributed by atoms with van der Waals surface area (Å²) in [4.78, 5) is 2.43. The molecule has 0 aliphatic carbocycles. The molecule has 0 radical (unpaired) electrons. The topological polar surface area (TPSA) is 61.9 Å². The van der Waals surface area contributed by atoms with Crippen LogP contribution >= 0.6 is 0 Å². The van der Waals surface area contributed by atoms with E-state index in [0.29, 0.717) is 5.84 Å². The van der Waals surface area contributed by atoms with Crippen molar-refractivity contribution in [3.63, 3.8) is 0 Å². The van der Waals surface area contributed by atoms with Crippen LogP contribution in [0.2, 0.25) is 0 Å². The lowest BCUT2D eigenvalue weighted by molar-refractivity contribution is 0.180. The monoisotopic (exact) mass is 309 g/mol. The van der Waals surface area contributed by atoms with Crippen molar-refractivity contribution < 1.29 is 5.21 Å². The summed E-state index contributed by atoms with van der Waals surface area (Å²) in [5.74, 6) is 0.322. The van der Waals surface area contributed by atoms with Crippen molar-refractivity contribution in [2.24, 2.45) is 10.9 Å². The van der Waals surface area contributed by atoms with Crippen molar-refractivity contribution in [3.8, 4) is 0 Å². The summed E-state index contributed by atoms with van der Waals surface area (Å²) in [5.41, 5.74) is 8.19. The maximum absolute atomic E-state index is 9.26. The first-order valence-electron chi connectivity index (χ1n) is 8.04. The molecule has 1 aliphatic heterocycles. The number of benzene rings is 2. The van der Waals surface area contributed by atoms with Gasteiger partial charge >= 0.3 is 0 Å². The van der Waals surface area contributed by atoms with E-state index in [1.165, 1.54) is 5.56 Å². The van der Waals surface area contributed by atoms with Crippen molar-refractivity contribution in [2.75, 3.05) is 13.1 Å². The molecule has 1 fully saturated rings. The van der Waals surface area contributed by atoms with Gasteiger partial charge in [-0.3, -0.25) is 4.90 Å². The fourth-order valence-corrected chi connectivity index (χ4v) is 3.48. The molecular weight excluding hydrogens is 286 g/mol. The van der Waals surface area contributed by atoms with Crippen molar-refractivity contribution in [1.29, 1.82) is 0 Å². The first-order chi connectivity index (χ1) is 11.2. The third-order valence-electron chi connectivity index (χ3n) is 4.88. The van der Waals surface area contributed by atoms with Gasteiger partial charge in [0.05, 0.1) is 5.41 Å². The SMILES string of the molecule is N/C(=N\O)C1(c2ccccc2)CCN(Cc2ccccc2)CC1. The highest BCUT2D eigenvalue weighted by molar-refractivity contribution is 5.91. The molecule has 0 aromatic heterocycles. The van der Waals surface area contributed by atoms with Gasteiger partial charge < -0.3 is 10.9 Å². The van der Waals surface area contributed by atoms with Crippen molar-refractivity contribution in [3.05, 3.63) is 71.8 Å². The number of piperidine rings is 1. The quantitative estimate of drug-likeness (QED) is 0.395. The highest BCUT2D eigenvalue weighted by Crippen LogP contribution is 2.36. The van der Waals surface area contributed by atoms with Crippen LogP contribution in [0.5, 0.6) is 0 Å². The highest BCUT2D eigenvalue weighted by atomic mass is 16.4. The van der Waals surface area contributed by atoms with E-state index < -0.39 is 0 Å². The first-order valence-corrected chi connectivity index (χ1v) is 8.04. The van der Waals surface area contributed by atoms with E-state index in [1.807, 2.05) is 24.3 Å². The van der Waals surface area contributed by atoms with Gasteiger partial charge in [0.15, 0.2) is 0 Å². The van der Waals surface area contributed by atoms with Crippen LogP contribution in [-0.4, -0.2) is 29.0 Å². The maximum Gasteiger partial charge on any atom is 0.149 e. The molecule has 1 heterocycles. The summed E-state index contributed by atoms with van der Waals surface area (Å²) in [6.07, 6.45) is 1.72. The molecular formula is C19H23N3O. The lowest BCUT2D eigenvalue weighted by Gasteiger charge is -2.41. The van der Waals surface area contributed by atoms with E-state index in [1.54, 1.807) is 0 Å². The van der Waals surface area contributed by atoms with E-state index >= 15 is 0 Å². The molecule has 0 amide bonds. The molecule has 23 heavy (non-hydrogen) atoms. The van der Waals surface area contributed by atoms with Crippen LogP contribution in [0.1, 0.15) is 24.0 Å². The van der Waals surface area contributed by atoms with E-state index in [2.05, 4.69) is 46.5 Å². The molecule has 4 nitrogen and oxygen atoms in total. The van der Waals surface area contributed by atoms with Crippen LogP contribution in [0, 0.1) is 0 Å². The Balaban J connectivity index is 1.76. The molecule has 3 rings (SSSR count). The minimum atomic E-state index is -0.358. The van der Waals surface area contributed by atoms with Crippen LogP contribution in [0.25, 0.3) is 0 Å². The number of nitrogens with zero attached hydrogens (tertiary/aromatic N) is 2. The van der Waals surface area contributed by atoms with Crippen LogP contribution in [-0.2, 0) is 12.0 Å². The highest BCUT2D eigenvalue weighted by Gasteiger charge is 2.40. The molecule has 2 aromatic rings. The van der Waals surface area contributed by atoms with Crippen LogP contribution < -0.4 is 5.73 Å². The minimum Gasteiger partial charge on any atom is -0.409 e. The van der Waals surface area contributed by atoms with Crippen LogP contribution in [0.3, 0.4) is 0 Å². The summed E-state index contributed by atoms with van der Waals surface area (Å²) in [6.45, 7) is 2.81. The maximum atomic E-state index is 9.26. The van der Waals surface area contributed by atoms with Crippen molar-refractivity contribution in [1.82, 2.24) is 4.90 Å². The molecule has 0 bridgehead atoms. The van der Waals surface area contributed by atoms with Gasteiger partial charge in [-0.05, 0) is 37.1 Å². The third-order valence-corrected chi connectivity index (χ3v) is 4.88. The van der Waals surface area contributed by atoms with Gasteiger partial charge in [0.2, 0.25) is 0 Å². The number of likely N-dealkylation sites (tertiary alicyclic amines) is 1. The lowest BCUT2D eigenvalue weighted by atomic mass is 9.72. The summed E-state index contributed by atoms with van der Waals surface area (Å²) < 4.78 is 0. The largest absolute Gasteiger partial charge is 0.409 e. The second kappa shape index (κ2) is 6.84. The molecule has 3 N–H and O–H groups in total. The van der Waals surface area contributed by atoms with Gasteiger partial charge in [-0.15, -0.1) is 0 Å². The summed E-state index contributed by atoms with van der Waals surface area (Å²) in [6, 6.07) is 20.7. The number of rotatable bonds is 4. The van der Waals surface area contributed by atoms with E-state index in [-0.39, 0.29) is 5.41 Å². The predicted octanol–water partition coefficient (Wildman–Crippen LogP) is 2.97. The second-order valence-corrected chi connectivity index (χ2v) is 6.20. The van der Waals surface area contributed by atoms with Gasteiger partial charge in [-0.1, -0.05) is 65.8 Å². The normalized spacial score (nSPS) is 18.7. The lowest BCUT2D eigenvalue weighted by Crippen LogP contribution is -2.50. The molecule has 0 atom stereocenters. The molecule has 2 aromatic carbocycles. The zero-order valence-corrected chi connectivity index (χ0v) is 13.2. The Morgan fingerprint density at radius 1 is 1.00 bits per heavy atom. The third kappa shape index (κ3) is 3.22. The van der Waals surface area contributed by atoms with E-state index in [4.69, 9.17) is 5.73 Å². The minimum absolute atomic E-state index is 0.322. The standard InChI is InChI=1S/C19H23N3O/c20-18(21-23)19(17-9-5-2-6-10-17)11-13-22(14-12-19)15-16-7-3-1-4-8-16/h1-10,23H,11-15H2,(H2,20,21). The Hall–Kier alpha value is -2.33. The summed E-state index contributed by atoms with van der Waals surface area (Å²) in [5, 5.41) is 12.6. The van der Waals surface area contributed by atoms with E-state index in [0.717, 1.165) is 38.0 Å². The number of nitrogens with two attached hydrogens (primary N) is 1. The second-order valence-electron chi connectivity index (χ2n) is 6.20. The molecule has 4 heteroatoms. The molecule has 0 saturated carbocycles. The van der Waals surface area contributed by atoms with Gasteiger partial charge in [0.25, 0.3) is 0 Å². The molecule has 120 valence electrons. The number of oxime groups is 1. The van der Waals surface area contributed by atoms with Crippen molar-refractivity contribution in [2.45, 2.75) is 24.8 Å². The average Bonchev–Trinajstić information content (AvgIpc) is 2.63. The Labute approximate surface area is 137 Å². The zero-order valence-electron chi connectivity index (χ0n) is 13.2. The Kier molecular flexibility index (Phi) is 4.63.